The number of hydrogen-bond donors (Lipinski definition) is 3. The van der Waals surface area contributed by atoms with E-state index >= 15 is 0 Å². The lowest BCUT2D eigenvalue weighted by atomic mass is 10.3. The normalized spacial score (nSPS) is 10.9. The molecular formula is C19H28N6O4. The van der Waals surface area contributed by atoms with Crippen molar-refractivity contribution in [2.24, 2.45) is 7.05 Å². The van der Waals surface area contributed by atoms with E-state index in [9.17, 15) is 19.2 Å². The van der Waals surface area contributed by atoms with E-state index in [-0.39, 0.29) is 18.2 Å². The minimum Gasteiger partial charge on any atom is -0.351 e. The summed E-state index contributed by atoms with van der Waals surface area (Å²) in [7, 11) is 5.70. The van der Waals surface area contributed by atoms with Crippen LogP contribution in [-0.4, -0.2) is 58.0 Å². The van der Waals surface area contributed by atoms with Crippen LogP contribution in [0.25, 0.3) is 0 Å². The molecule has 3 N–H and O–H groups in total. The van der Waals surface area contributed by atoms with E-state index < -0.39 is 11.2 Å². The van der Waals surface area contributed by atoms with Crippen molar-refractivity contribution in [1.29, 1.82) is 0 Å². The first-order chi connectivity index (χ1) is 13.8. The minimum absolute atomic E-state index is 0.191. The molecule has 0 aliphatic carbocycles. The number of aromatic amines is 1. The lowest BCUT2D eigenvalue weighted by Crippen LogP contribution is -2.28. The van der Waals surface area contributed by atoms with Crippen LogP contribution >= 0.6 is 0 Å². The Morgan fingerprint density at radius 2 is 1.97 bits per heavy atom. The second kappa shape index (κ2) is 10.4. The number of aromatic nitrogens is 3. The number of nitrogens with zero attached hydrogens (tertiary/aromatic N) is 3. The highest BCUT2D eigenvalue weighted by atomic mass is 16.2. The summed E-state index contributed by atoms with van der Waals surface area (Å²) in [4.78, 5) is 51.3. The Kier molecular flexibility index (Phi) is 7.96. The van der Waals surface area contributed by atoms with Gasteiger partial charge in [0.15, 0.2) is 0 Å². The van der Waals surface area contributed by atoms with Crippen molar-refractivity contribution in [2.75, 3.05) is 32.5 Å². The van der Waals surface area contributed by atoms with Gasteiger partial charge in [-0.15, -0.1) is 0 Å². The molecular weight excluding hydrogens is 376 g/mol. The Morgan fingerprint density at radius 1 is 1.21 bits per heavy atom. The van der Waals surface area contributed by atoms with Crippen LogP contribution in [0.1, 0.15) is 29.8 Å². The zero-order valence-corrected chi connectivity index (χ0v) is 17.0. The standard InChI is InChI=1S/C19H28N6O4/c1-23(2)9-5-8-20-18(28)15-12-14(13-24(15)3)21-16(26)6-4-10-25-11-7-17(27)22-19(25)29/h7,11-13H,4-6,8-10H2,1-3H3,(H,20,28)(H,21,26)(H,22,27,29). The van der Waals surface area contributed by atoms with E-state index in [0.29, 0.717) is 30.9 Å². The van der Waals surface area contributed by atoms with Gasteiger partial charge in [0, 0.05) is 45.0 Å². The molecule has 0 aliphatic heterocycles. The van der Waals surface area contributed by atoms with Gasteiger partial charge in [0.25, 0.3) is 11.5 Å². The molecule has 10 heteroatoms. The predicted octanol–water partition coefficient (Wildman–Crippen LogP) is -0.0245. The monoisotopic (exact) mass is 404 g/mol. The highest BCUT2D eigenvalue weighted by Gasteiger charge is 2.13. The summed E-state index contributed by atoms with van der Waals surface area (Å²) >= 11 is 0. The van der Waals surface area contributed by atoms with Gasteiger partial charge in [0.1, 0.15) is 5.69 Å². The Bertz CT molecular complexity index is 956. The van der Waals surface area contributed by atoms with Crippen molar-refractivity contribution in [2.45, 2.75) is 25.8 Å². The third-order valence-corrected chi connectivity index (χ3v) is 4.29. The van der Waals surface area contributed by atoms with Crippen LogP contribution in [0, 0.1) is 0 Å². The van der Waals surface area contributed by atoms with Gasteiger partial charge in [-0.05, 0) is 39.5 Å². The van der Waals surface area contributed by atoms with Crippen molar-refractivity contribution in [3.63, 3.8) is 0 Å². The van der Waals surface area contributed by atoms with Crippen LogP contribution < -0.4 is 21.9 Å². The molecule has 29 heavy (non-hydrogen) atoms. The SMILES string of the molecule is CN(C)CCCNC(=O)c1cc(NC(=O)CCCn2ccc(=O)[nH]c2=O)cn1C. The zero-order valence-electron chi connectivity index (χ0n) is 17.0. The van der Waals surface area contributed by atoms with E-state index in [0.717, 1.165) is 13.0 Å². The average molecular weight is 404 g/mol. The van der Waals surface area contributed by atoms with Gasteiger partial charge >= 0.3 is 5.69 Å². The quantitative estimate of drug-likeness (QED) is 0.481. The maximum atomic E-state index is 12.3. The van der Waals surface area contributed by atoms with Gasteiger partial charge in [0.05, 0.1) is 5.69 Å². The van der Waals surface area contributed by atoms with Crippen LogP contribution in [0.4, 0.5) is 5.69 Å². The third-order valence-electron chi connectivity index (χ3n) is 4.29. The number of rotatable bonds is 10. The molecule has 0 bridgehead atoms. The second-order valence-corrected chi connectivity index (χ2v) is 7.09. The van der Waals surface area contributed by atoms with Crippen molar-refractivity contribution < 1.29 is 9.59 Å². The number of anilines is 1. The average Bonchev–Trinajstić information content (AvgIpc) is 3.00. The first kappa shape index (κ1) is 22.2. The Labute approximate surface area is 168 Å². The van der Waals surface area contributed by atoms with Crippen LogP contribution in [0.5, 0.6) is 0 Å². The Balaban J connectivity index is 1.81. The van der Waals surface area contributed by atoms with E-state index in [1.54, 1.807) is 23.9 Å². The first-order valence-corrected chi connectivity index (χ1v) is 9.45. The number of amides is 2. The third kappa shape index (κ3) is 7.07. The van der Waals surface area contributed by atoms with Crippen LogP contribution in [0.2, 0.25) is 0 Å². The second-order valence-electron chi connectivity index (χ2n) is 7.09. The molecule has 2 amide bonds. The van der Waals surface area contributed by atoms with Gasteiger partial charge in [0.2, 0.25) is 5.91 Å². The van der Waals surface area contributed by atoms with E-state index in [4.69, 9.17) is 0 Å². The molecule has 0 fully saturated rings. The largest absolute Gasteiger partial charge is 0.351 e. The van der Waals surface area contributed by atoms with Crippen LogP contribution in [0.15, 0.2) is 34.1 Å². The summed E-state index contributed by atoms with van der Waals surface area (Å²) in [6.45, 7) is 1.78. The molecule has 0 saturated carbocycles. The summed E-state index contributed by atoms with van der Waals surface area (Å²) in [5.41, 5.74) is 0.0508. The van der Waals surface area contributed by atoms with Crippen molar-refractivity contribution in [3.05, 3.63) is 51.1 Å². The Hall–Kier alpha value is -3.14. The summed E-state index contributed by atoms with van der Waals surface area (Å²) in [5, 5.41) is 5.63. The summed E-state index contributed by atoms with van der Waals surface area (Å²) in [6, 6.07) is 2.89. The summed E-state index contributed by atoms with van der Waals surface area (Å²) < 4.78 is 3.01. The molecule has 0 saturated heterocycles. The van der Waals surface area contributed by atoms with Gasteiger partial charge in [-0.25, -0.2) is 4.79 Å². The predicted molar refractivity (Wildman–Crippen MR) is 110 cm³/mol. The van der Waals surface area contributed by atoms with Crippen molar-refractivity contribution >= 4 is 17.5 Å². The highest BCUT2D eigenvalue weighted by molar-refractivity contribution is 5.96. The molecule has 0 radical (unpaired) electrons. The number of carbonyl (C=O) groups is 2. The number of hydrogen-bond acceptors (Lipinski definition) is 5. The number of aryl methyl sites for hydroxylation is 2. The topological polar surface area (TPSA) is 121 Å². The molecule has 10 nitrogen and oxygen atoms in total. The lowest BCUT2D eigenvalue weighted by Gasteiger charge is -2.10. The molecule has 0 aliphatic rings. The molecule has 2 heterocycles. The molecule has 2 rings (SSSR count). The fourth-order valence-electron chi connectivity index (χ4n) is 2.80. The molecule has 158 valence electrons. The maximum Gasteiger partial charge on any atom is 0.328 e. The van der Waals surface area contributed by atoms with Gasteiger partial charge in [-0.3, -0.25) is 19.4 Å². The van der Waals surface area contributed by atoms with E-state index in [2.05, 4.69) is 20.5 Å². The first-order valence-electron chi connectivity index (χ1n) is 9.45. The van der Waals surface area contributed by atoms with Gasteiger partial charge < -0.3 is 24.7 Å². The van der Waals surface area contributed by atoms with Gasteiger partial charge in [-0.2, -0.15) is 0 Å². The number of H-pyrrole nitrogens is 1. The summed E-state index contributed by atoms with van der Waals surface area (Å²) in [5.74, 6) is -0.407. The fourth-order valence-corrected chi connectivity index (χ4v) is 2.80. The van der Waals surface area contributed by atoms with Gasteiger partial charge in [-0.1, -0.05) is 0 Å². The van der Waals surface area contributed by atoms with E-state index in [1.807, 2.05) is 14.1 Å². The van der Waals surface area contributed by atoms with Crippen LogP contribution in [0.3, 0.4) is 0 Å². The molecule has 0 spiro atoms. The van der Waals surface area contributed by atoms with E-state index in [1.165, 1.54) is 16.8 Å². The fraction of sp³-hybridized carbons (Fsp3) is 0.474. The maximum absolute atomic E-state index is 12.3. The highest BCUT2D eigenvalue weighted by Crippen LogP contribution is 2.13. The van der Waals surface area contributed by atoms with Crippen LogP contribution in [-0.2, 0) is 18.4 Å². The molecule has 2 aromatic heterocycles. The minimum atomic E-state index is -0.498. The van der Waals surface area contributed by atoms with Crippen molar-refractivity contribution in [3.8, 4) is 0 Å². The molecule has 0 aromatic carbocycles. The molecule has 0 unspecified atom stereocenters. The Morgan fingerprint density at radius 3 is 2.66 bits per heavy atom. The summed E-state index contributed by atoms with van der Waals surface area (Å²) in [6.07, 6.45) is 4.57. The smallest absolute Gasteiger partial charge is 0.328 e. The molecule has 0 atom stereocenters. The number of carbonyl (C=O) groups excluding carboxylic acids is 2. The zero-order chi connectivity index (χ0) is 21.4. The molecule has 2 aromatic rings. The van der Waals surface area contributed by atoms with Crippen molar-refractivity contribution in [1.82, 2.24) is 24.3 Å². The lowest BCUT2D eigenvalue weighted by molar-refractivity contribution is -0.116. The number of nitrogens with one attached hydrogen (secondary N) is 3.